The van der Waals surface area contributed by atoms with E-state index in [2.05, 4.69) is 10.6 Å². The van der Waals surface area contributed by atoms with Gasteiger partial charge in [-0.25, -0.2) is 0 Å². The zero-order valence-corrected chi connectivity index (χ0v) is 14.8. The summed E-state index contributed by atoms with van der Waals surface area (Å²) in [4.78, 5) is 27.4. The van der Waals surface area contributed by atoms with Crippen LogP contribution < -0.4 is 10.6 Å². The van der Waals surface area contributed by atoms with E-state index in [0.717, 1.165) is 31.5 Å². The number of hydrogen-bond donors (Lipinski definition) is 2. The summed E-state index contributed by atoms with van der Waals surface area (Å²) in [7, 11) is 1.62. The minimum absolute atomic E-state index is 0.0127. The fourth-order valence-electron chi connectivity index (χ4n) is 3.76. The molecule has 1 atom stereocenters. The summed E-state index contributed by atoms with van der Waals surface area (Å²) in [5, 5.41) is 6.28. The molecule has 2 saturated heterocycles. The number of hydrogen-bond acceptors (Lipinski definition) is 4. The van der Waals surface area contributed by atoms with E-state index in [1.165, 1.54) is 0 Å². The van der Waals surface area contributed by atoms with Crippen LogP contribution in [0.2, 0.25) is 0 Å². The molecule has 1 unspecified atom stereocenters. The minimum Gasteiger partial charge on any atom is -0.384 e. The van der Waals surface area contributed by atoms with Crippen molar-refractivity contribution in [1.29, 1.82) is 0 Å². The summed E-state index contributed by atoms with van der Waals surface area (Å²) in [6.45, 7) is 3.27. The van der Waals surface area contributed by atoms with Gasteiger partial charge in [0.15, 0.2) is 0 Å². The zero-order valence-electron chi connectivity index (χ0n) is 14.8. The van der Waals surface area contributed by atoms with Gasteiger partial charge in [0.1, 0.15) is 6.04 Å². The molecule has 0 aromatic heterocycles. The first kappa shape index (κ1) is 17.9. The van der Waals surface area contributed by atoms with E-state index < -0.39 is 11.5 Å². The number of nitrogens with one attached hydrogen (secondary N) is 2. The van der Waals surface area contributed by atoms with E-state index in [9.17, 15) is 9.59 Å². The standard InChI is InChI=1S/C19H27N3O3/c1-25-14-19(8-10-20-11-9-19)18(24)21-16-7-12-22(17(16)23)13-15-5-3-2-4-6-15/h2-6,16,20H,7-14H2,1H3,(H,21,24). The van der Waals surface area contributed by atoms with Crippen LogP contribution in [0.5, 0.6) is 0 Å². The molecule has 136 valence electrons. The lowest BCUT2D eigenvalue weighted by molar-refractivity contribution is -0.140. The van der Waals surface area contributed by atoms with Gasteiger partial charge in [0, 0.05) is 20.2 Å². The van der Waals surface area contributed by atoms with E-state index in [4.69, 9.17) is 4.74 Å². The molecule has 2 heterocycles. The maximum absolute atomic E-state index is 12.9. The molecule has 1 aromatic rings. The average Bonchev–Trinajstić information content (AvgIpc) is 2.97. The van der Waals surface area contributed by atoms with Crippen LogP contribution in [-0.2, 0) is 20.9 Å². The van der Waals surface area contributed by atoms with E-state index >= 15 is 0 Å². The van der Waals surface area contributed by atoms with Crippen LogP contribution in [0.3, 0.4) is 0 Å². The first-order valence-corrected chi connectivity index (χ1v) is 8.98. The molecule has 0 aliphatic carbocycles. The number of rotatable bonds is 6. The lowest BCUT2D eigenvalue weighted by Gasteiger charge is -2.36. The van der Waals surface area contributed by atoms with Crippen molar-refractivity contribution in [1.82, 2.24) is 15.5 Å². The molecule has 2 aliphatic rings. The fourth-order valence-corrected chi connectivity index (χ4v) is 3.76. The molecule has 0 bridgehead atoms. The number of benzene rings is 1. The highest BCUT2D eigenvalue weighted by molar-refractivity contribution is 5.91. The summed E-state index contributed by atoms with van der Waals surface area (Å²) in [6, 6.07) is 9.53. The van der Waals surface area contributed by atoms with E-state index in [0.29, 0.717) is 26.1 Å². The minimum atomic E-state index is -0.521. The number of nitrogens with zero attached hydrogens (tertiary/aromatic N) is 1. The number of amides is 2. The van der Waals surface area contributed by atoms with E-state index in [-0.39, 0.29) is 11.8 Å². The SMILES string of the molecule is COCC1(C(=O)NC2CCN(Cc3ccccc3)C2=O)CCNCC1. The van der Waals surface area contributed by atoms with Crippen LogP contribution in [-0.4, -0.2) is 56.1 Å². The highest BCUT2D eigenvalue weighted by Gasteiger charge is 2.42. The lowest BCUT2D eigenvalue weighted by atomic mass is 9.78. The topological polar surface area (TPSA) is 70.7 Å². The van der Waals surface area contributed by atoms with Crippen LogP contribution in [0.25, 0.3) is 0 Å². The molecule has 0 saturated carbocycles. The molecule has 3 rings (SSSR count). The van der Waals surface area contributed by atoms with Crippen molar-refractivity contribution < 1.29 is 14.3 Å². The Bertz CT molecular complexity index is 594. The Hall–Kier alpha value is -1.92. The molecule has 0 spiro atoms. The van der Waals surface area contributed by atoms with Crippen molar-refractivity contribution in [2.24, 2.45) is 5.41 Å². The van der Waals surface area contributed by atoms with E-state index in [1.54, 1.807) is 7.11 Å². The van der Waals surface area contributed by atoms with Gasteiger partial charge in [-0.15, -0.1) is 0 Å². The van der Waals surface area contributed by atoms with Crippen molar-refractivity contribution >= 4 is 11.8 Å². The van der Waals surface area contributed by atoms with Gasteiger partial charge >= 0.3 is 0 Å². The van der Waals surface area contributed by atoms with Crippen LogP contribution in [0, 0.1) is 5.41 Å². The number of piperidine rings is 1. The van der Waals surface area contributed by atoms with Gasteiger partial charge in [0.25, 0.3) is 0 Å². The van der Waals surface area contributed by atoms with Gasteiger partial charge < -0.3 is 20.3 Å². The van der Waals surface area contributed by atoms with Gasteiger partial charge in [-0.1, -0.05) is 30.3 Å². The normalized spacial score (nSPS) is 22.8. The smallest absolute Gasteiger partial charge is 0.245 e. The van der Waals surface area contributed by atoms with Gasteiger partial charge in [-0.3, -0.25) is 9.59 Å². The highest BCUT2D eigenvalue weighted by Crippen LogP contribution is 2.30. The molecule has 6 heteroatoms. The molecule has 1 aromatic carbocycles. The molecule has 2 fully saturated rings. The molecular formula is C19H27N3O3. The van der Waals surface area contributed by atoms with Crippen LogP contribution in [0.1, 0.15) is 24.8 Å². The van der Waals surface area contributed by atoms with Gasteiger partial charge in [-0.05, 0) is 37.9 Å². The van der Waals surface area contributed by atoms with Crippen molar-refractivity contribution in [3.63, 3.8) is 0 Å². The number of carbonyl (C=O) groups excluding carboxylic acids is 2. The molecule has 2 N–H and O–H groups in total. The predicted octanol–water partition coefficient (Wildman–Crippen LogP) is 0.920. The van der Waals surface area contributed by atoms with Crippen LogP contribution >= 0.6 is 0 Å². The van der Waals surface area contributed by atoms with Crippen LogP contribution in [0.4, 0.5) is 0 Å². The fraction of sp³-hybridized carbons (Fsp3) is 0.579. The monoisotopic (exact) mass is 345 g/mol. The summed E-state index contributed by atoms with van der Waals surface area (Å²) >= 11 is 0. The van der Waals surface area contributed by atoms with E-state index in [1.807, 2.05) is 35.2 Å². The summed E-state index contributed by atoms with van der Waals surface area (Å²) < 4.78 is 5.31. The Morgan fingerprint density at radius 1 is 1.32 bits per heavy atom. The van der Waals surface area contributed by atoms with Gasteiger partial charge in [-0.2, -0.15) is 0 Å². The maximum Gasteiger partial charge on any atom is 0.245 e. The molecule has 2 amide bonds. The zero-order chi connectivity index (χ0) is 17.7. The summed E-state index contributed by atoms with van der Waals surface area (Å²) in [6.07, 6.45) is 2.14. The summed E-state index contributed by atoms with van der Waals surface area (Å²) in [5.74, 6) is -0.0329. The molecule has 6 nitrogen and oxygen atoms in total. The summed E-state index contributed by atoms with van der Waals surface area (Å²) in [5.41, 5.74) is 0.588. The van der Waals surface area contributed by atoms with Crippen molar-refractivity contribution in [3.8, 4) is 0 Å². The molecule has 2 aliphatic heterocycles. The molecule has 0 radical (unpaired) electrons. The number of ether oxygens (including phenoxy) is 1. The third-order valence-corrected chi connectivity index (χ3v) is 5.28. The first-order chi connectivity index (χ1) is 12.1. The third kappa shape index (κ3) is 4.02. The molecular weight excluding hydrogens is 318 g/mol. The molecule has 25 heavy (non-hydrogen) atoms. The second kappa shape index (κ2) is 7.97. The van der Waals surface area contributed by atoms with Crippen molar-refractivity contribution in [2.75, 3.05) is 33.4 Å². The number of methoxy groups -OCH3 is 1. The maximum atomic E-state index is 12.9. The average molecular weight is 345 g/mol. The second-order valence-electron chi connectivity index (χ2n) is 7.02. The third-order valence-electron chi connectivity index (χ3n) is 5.28. The first-order valence-electron chi connectivity index (χ1n) is 8.98. The second-order valence-corrected chi connectivity index (χ2v) is 7.02. The number of carbonyl (C=O) groups is 2. The Labute approximate surface area is 148 Å². The Morgan fingerprint density at radius 2 is 2.04 bits per heavy atom. The Kier molecular flexibility index (Phi) is 5.71. The van der Waals surface area contributed by atoms with Crippen LogP contribution in [0.15, 0.2) is 30.3 Å². The Balaban J connectivity index is 1.61. The van der Waals surface area contributed by atoms with Gasteiger partial charge in [0.2, 0.25) is 11.8 Å². The Morgan fingerprint density at radius 3 is 2.72 bits per heavy atom. The number of likely N-dealkylation sites (tertiary alicyclic amines) is 1. The van der Waals surface area contributed by atoms with Gasteiger partial charge in [0.05, 0.1) is 12.0 Å². The highest BCUT2D eigenvalue weighted by atomic mass is 16.5. The quantitative estimate of drug-likeness (QED) is 0.804. The lowest BCUT2D eigenvalue weighted by Crippen LogP contribution is -2.53. The van der Waals surface area contributed by atoms with Crippen molar-refractivity contribution in [2.45, 2.75) is 31.8 Å². The largest absolute Gasteiger partial charge is 0.384 e. The van der Waals surface area contributed by atoms with Crippen molar-refractivity contribution in [3.05, 3.63) is 35.9 Å². The predicted molar refractivity (Wildman–Crippen MR) is 94.8 cm³/mol.